The van der Waals surface area contributed by atoms with Crippen molar-refractivity contribution in [2.45, 2.75) is 19.4 Å². The fourth-order valence-corrected chi connectivity index (χ4v) is 2.35. The summed E-state index contributed by atoms with van der Waals surface area (Å²) in [5.41, 5.74) is 0.565. The molecule has 0 radical (unpaired) electrons. The monoisotopic (exact) mass is 367 g/mol. The third-order valence-corrected chi connectivity index (χ3v) is 4.13. The molecule has 0 bridgehead atoms. The Labute approximate surface area is 132 Å². The van der Waals surface area contributed by atoms with E-state index in [9.17, 15) is 4.39 Å². The quantitative estimate of drug-likeness (QED) is 0.529. The first-order valence-corrected chi connectivity index (χ1v) is 7.72. The molecule has 1 rings (SSSR count). The molecule has 0 aromatic heterocycles. The van der Waals surface area contributed by atoms with Crippen LogP contribution in [-0.2, 0) is 9.47 Å². The molecule has 1 unspecified atom stereocenters. The molecule has 0 saturated carbocycles. The Morgan fingerprint density at radius 3 is 2.75 bits per heavy atom. The van der Waals surface area contributed by atoms with Crippen molar-refractivity contribution < 1.29 is 13.9 Å². The number of hydrogen-bond acceptors (Lipinski definition) is 3. The van der Waals surface area contributed by atoms with Crippen molar-refractivity contribution in [1.29, 1.82) is 0 Å². The van der Waals surface area contributed by atoms with E-state index in [4.69, 9.17) is 21.1 Å². The van der Waals surface area contributed by atoms with Gasteiger partial charge in [-0.05, 0) is 35.0 Å². The summed E-state index contributed by atoms with van der Waals surface area (Å²) in [6, 6.07) is 3.39. The number of hydrogen-bond donors (Lipinski definition) is 1. The maximum atomic E-state index is 14.2. The zero-order valence-electron chi connectivity index (χ0n) is 11.7. The van der Waals surface area contributed by atoms with Gasteiger partial charge in [0, 0.05) is 29.8 Å². The highest BCUT2D eigenvalue weighted by molar-refractivity contribution is 9.10. The van der Waals surface area contributed by atoms with Gasteiger partial charge < -0.3 is 14.8 Å². The van der Waals surface area contributed by atoms with Gasteiger partial charge in [-0.15, -0.1) is 0 Å². The van der Waals surface area contributed by atoms with Crippen LogP contribution < -0.4 is 5.32 Å². The summed E-state index contributed by atoms with van der Waals surface area (Å²) in [5.74, 6) is -0.385. The van der Waals surface area contributed by atoms with Crippen LogP contribution in [0.4, 0.5) is 4.39 Å². The molecule has 114 valence electrons. The van der Waals surface area contributed by atoms with Crippen molar-refractivity contribution in [3.63, 3.8) is 0 Å². The summed E-state index contributed by atoms with van der Waals surface area (Å²) in [5, 5.41) is 3.37. The van der Waals surface area contributed by atoms with Gasteiger partial charge in [-0.2, -0.15) is 0 Å². The standard InChI is InChI=1S/C14H20BrClFNO2/c1-3-18-12(6-7-20-9-8-19-2)10-4-5-11(15)13(16)14(10)17/h4-5,12,18H,3,6-9H2,1-2H3. The molecule has 0 fully saturated rings. The van der Waals surface area contributed by atoms with Crippen molar-refractivity contribution in [3.05, 3.63) is 33.0 Å². The molecule has 3 nitrogen and oxygen atoms in total. The summed E-state index contributed by atoms with van der Waals surface area (Å²) >= 11 is 9.15. The van der Waals surface area contributed by atoms with E-state index >= 15 is 0 Å². The number of methoxy groups -OCH3 is 1. The highest BCUT2D eigenvalue weighted by Crippen LogP contribution is 2.31. The molecule has 0 amide bonds. The van der Waals surface area contributed by atoms with E-state index < -0.39 is 0 Å². The van der Waals surface area contributed by atoms with Crippen LogP contribution >= 0.6 is 27.5 Å². The van der Waals surface area contributed by atoms with E-state index in [2.05, 4.69) is 21.2 Å². The van der Waals surface area contributed by atoms with Gasteiger partial charge in [-0.25, -0.2) is 4.39 Å². The summed E-state index contributed by atoms with van der Waals surface area (Å²) < 4.78 is 25.1. The SMILES string of the molecule is CCNC(CCOCCOC)c1ccc(Br)c(Cl)c1F. The molecule has 20 heavy (non-hydrogen) atoms. The second kappa shape index (κ2) is 9.68. The van der Waals surface area contributed by atoms with Crippen molar-refractivity contribution in [2.75, 3.05) is 33.5 Å². The average Bonchev–Trinajstić information content (AvgIpc) is 2.44. The molecular formula is C14H20BrClFNO2. The zero-order valence-corrected chi connectivity index (χ0v) is 14.1. The Morgan fingerprint density at radius 1 is 1.35 bits per heavy atom. The minimum absolute atomic E-state index is 0.116. The second-order valence-corrected chi connectivity index (χ2v) is 5.50. The average molecular weight is 369 g/mol. The van der Waals surface area contributed by atoms with Crippen LogP contribution in [0.3, 0.4) is 0 Å². The highest BCUT2D eigenvalue weighted by atomic mass is 79.9. The molecule has 0 saturated heterocycles. The first kappa shape index (κ1) is 17.9. The number of rotatable bonds is 9. The molecule has 1 aromatic carbocycles. The summed E-state index contributed by atoms with van der Waals surface area (Å²) in [7, 11) is 1.63. The predicted octanol–water partition coefficient (Wildman–Crippen LogP) is 3.95. The fraction of sp³-hybridized carbons (Fsp3) is 0.571. The second-order valence-electron chi connectivity index (χ2n) is 4.27. The Morgan fingerprint density at radius 2 is 2.10 bits per heavy atom. The first-order chi connectivity index (χ1) is 9.61. The van der Waals surface area contributed by atoms with Crippen LogP contribution in [0.25, 0.3) is 0 Å². The number of halogens is 3. The topological polar surface area (TPSA) is 30.5 Å². The smallest absolute Gasteiger partial charge is 0.147 e. The van der Waals surface area contributed by atoms with Gasteiger partial charge in [-0.3, -0.25) is 0 Å². The van der Waals surface area contributed by atoms with Crippen LogP contribution in [0, 0.1) is 5.82 Å². The number of ether oxygens (including phenoxy) is 2. The molecule has 1 N–H and O–H groups in total. The summed E-state index contributed by atoms with van der Waals surface area (Å²) in [6.45, 7) is 4.37. The van der Waals surface area contributed by atoms with Gasteiger partial charge in [0.25, 0.3) is 0 Å². The van der Waals surface area contributed by atoms with E-state index in [1.54, 1.807) is 19.2 Å². The van der Waals surface area contributed by atoms with Gasteiger partial charge in [0.2, 0.25) is 0 Å². The lowest BCUT2D eigenvalue weighted by Crippen LogP contribution is -2.23. The van der Waals surface area contributed by atoms with Gasteiger partial charge in [0.05, 0.1) is 18.2 Å². The molecule has 1 aromatic rings. The van der Waals surface area contributed by atoms with E-state index in [1.165, 1.54) is 0 Å². The van der Waals surface area contributed by atoms with Crippen molar-refractivity contribution in [2.24, 2.45) is 0 Å². The van der Waals surface area contributed by atoms with Gasteiger partial charge in [0.15, 0.2) is 0 Å². The number of benzene rings is 1. The van der Waals surface area contributed by atoms with E-state index in [0.717, 1.165) is 6.54 Å². The largest absolute Gasteiger partial charge is 0.382 e. The Bertz CT molecular complexity index is 420. The lowest BCUT2D eigenvalue weighted by Gasteiger charge is -2.20. The zero-order chi connectivity index (χ0) is 15.0. The van der Waals surface area contributed by atoms with Gasteiger partial charge in [0.1, 0.15) is 5.82 Å². The van der Waals surface area contributed by atoms with Crippen molar-refractivity contribution >= 4 is 27.5 Å². The molecule has 0 aliphatic carbocycles. The van der Waals surface area contributed by atoms with E-state index in [-0.39, 0.29) is 16.9 Å². The Balaban J connectivity index is 2.68. The molecule has 1 atom stereocenters. The van der Waals surface area contributed by atoms with Crippen LogP contribution in [0.2, 0.25) is 5.02 Å². The van der Waals surface area contributed by atoms with E-state index in [0.29, 0.717) is 36.3 Å². The molecule has 0 heterocycles. The maximum absolute atomic E-state index is 14.2. The normalized spacial score (nSPS) is 12.7. The lowest BCUT2D eigenvalue weighted by atomic mass is 10.0. The molecular weight excluding hydrogens is 349 g/mol. The van der Waals surface area contributed by atoms with E-state index in [1.807, 2.05) is 6.92 Å². The Kier molecular flexibility index (Phi) is 8.64. The highest BCUT2D eigenvalue weighted by Gasteiger charge is 2.18. The molecule has 0 aliphatic rings. The minimum atomic E-state index is -0.385. The molecule has 0 spiro atoms. The lowest BCUT2D eigenvalue weighted by molar-refractivity contribution is 0.0657. The first-order valence-electron chi connectivity index (χ1n) is 6.55. The van der Waals surface area contributed by atoms with Crippen LogP contribution in [-0.4, -0.2) is 33.5 Å². The third kappa shape index (κ3) is 5.30. The van der Waals surface area contributed by atoms with Crippen LogP contribution in [0.15, 0.2) is 16.6 Å². The predicted molar refractivity (Wildman–Crippen MR) is 82.8 cm³/mol. The Hall–Kier alpha value is -0.200. The van der Waals surface area contributed by atoms with Crippen molar-refractivity contribution in [3.8, 4) is 0 Å². The van der Waals surface area contributed by atoms with Crippen molar-refractivity contribution in [1.82, 2.24) is 5.32 Å². The summed E-state index contributed by atoms with van der Waals surface area (Å²) in [6.07, 6.45) is 0.673. The molecule has 6 heteroatoms. The molecule has 0 aliphatic heterocycles. The maximum Gasteiger partial charge on any atom is 0.147 e. The summed E-state index contributed by atoms with van der Waals surface area (Å²) in [4.78, 5) is 0. The van der Waals surface area contributed by atoms with Gasteiger partial charge in [-0.1, -0.05) is 24.6 Å². The minimum Gasteiger partial charge on any atom is -0.382 e. The third-order valence-electron chi connectivity index (χ3n) is 2.87. The van der Waals surface area contributed by atoms with Crippen LogP contribution in [0.5, 0.6) is 0 Å². The van der Waals surface area contributed by atoms with Crippen LogP contribution in [0.1, 0.15) is 24.9 Å². The fourth-order valence-electron chi connectivity index (χ4n) is 1.87. The van der Waals surface area contributed by atoms with Gasteiger partial charge >= 0.3 is 0 Å². The number of nitrogens with one attached hydrogen (secondary N) is 1.